The number of halogens is 1. The highest BCUT2D eigenvalue weighted by molar-refractivity contribution is 9.10. The normalized spacial score (nSPS) is 11.3. The van der Waals surface area contributed by atoms with Crippen LogP contribution in [0.1, 0.15) is 0 Å². The third kappa shape index (κ3) is 3.61. The van der Waals surface area contributed by atoms with Gasteiger partial charge in [0.2, 0.25) is 0 Å². The van der Waals surface area contributed by atoms with Crippen LogP contribution in [0.15, 0.2) is 59.1 Å². The summed E-state index contributed by atoms with van der Waals surface area (Å²) in [6.45, 7) is 0. The maximum atomic E-state index is 4.12. The van der Waals surface area contributed by atoms with Gasteiger partial charge in [-0.15, -0.1) is 21.9 Å². The van der Waals surface area contributed by atoms with Crippen molar-refractivity contribution < 1.29 is 0 Å². The van der Waals surface area contributed by atoms with E-state index in [1.54, 1.807) is 0 Å². The van der Waals surface area contributed by atoms with Crippen LogP contribution < -0.4 is 43.7 Å². The van der Waals surface area contributed by atoms with Gasteiger partial charge in [-0.2, -0.15) is 0 Å². The van der Waals surface area contributed by atoms with E-state index >= 15 is 0 Å². The molecule has 0 aromatic heterocycles. The molecule has 0 nitrogen and oxygen atoms in total. The molecule has 0 atom stereocenters. The highest BCUT2D eigenvalue weighted by Gasteiger charge is 2.23. The van der Waals surface area contributed by atoms with E-state index in [4.69, 9.17) is 0 Å². The molecule has 5 aromatic rings. The maximum absolute atomic E-state index is 4.12. The van der Waals surface area contributed by atoms with Gasteiger partial charge >= 0.3 is 0 Å². The van der Waals surface area contributed by atoms with Gasteiger partial charge in [-0.25, -0.2) is 0 Å². The van der Waals surface area contributed by atoms with Crippen LogP contribution in [0.25, 0.3) is 43.8 Å². The average Bonchev–Trinajstić information content (AvgIpc) is 2.88. The van der Waals surface area contributed by atoms with E-state index in [2.05, 4.69) is 133 Å². The van der Waals surface area contributed by atoms with Crippen molar-refractivity contribution in [1.29, 1.82) is 0 Å². The second kappa shape index (κ2) is 8.93. The van der Waals surface area contributed by atoms with Crippen molar-refractivity contribution in [2.75, 3.05) is 0 Å². The monoisotopic (exact) mass is 504 g/mol. The quantitative estimate of drug-likeness (QED) is 0.166. The van der Waals surface area contributed by atoms with E-state index < -0.39 is 0 Å². The summed E-state index contributed by atoms with van der Waals surface area (Å²) in [4.78, 5) is 0. The van der Waals surface area contributed by atoms with Crippen LogP contribution in [-0.2, 0) is 0 Å². The molecule has 0 saturated carbocycles. The second-order valence-corrected chi connectivity index (χ2v) is 10.9. The van der Waals surface area contributed by atoms with Crippen molar-refractivity contribution in [1.82, 2.24) is 0 Å². The largest absolute Gasteiger partial charge is 0.139 e. The number of rotatable bonds is 2. The van der Waals surface area contributed by atoms with Gasteiger partial charge in [0.25, 0.3) is 0 Å². The molecule has 0 radical (unpaired) electrons. The molecule has 0 aliphatic carbocycles. The van der Waals surface area contributed by atoms with Crippen LogP contribution in [0, 0.1) is 0 Å². The first-order chi connectivity index (χ1) is 16.6. The van der Waals surface area contributed by atoms with Gasteiger partial charge in [-0.1, -0.05) is 76.4 Å². The Kier molecular flexibility index (Phi) is 6.20. The highest BCUT2D eigenvalue weighted by atomic mass is 79.9. The Morgan fingerprint density at radius 2 is 0.714 bits per heavy atom. The third-order valence-corrected chi connectivity index (χ3v) is 9.39. The molecule has 0 saturated heterocycles. The van der Waals surface area contributed by atoms with Gasteiger partial charge < -0.3 is 0 Å². The van der Waals surface area contributed by atoms with Crippen molar-refractivity contribution in [3.63, 3.8) is 0 Å². The lowest BCUT2D eigenvalue weighted by atomic mass is 9.61. The van der Waals surface area contributed by atoms with E-state index in [1.165, 1.54) is 92.0 Å². The molecule has 160 valence electrons. The molecule has 35 heavy (non-hydrogen) atoms. The van der Waals surface area contributed by atoms with Crippen LogP contribution in [0.5, 0.6) is 0 Å². The highest BCUT2D eigenvalue weighted by Crippen LogP contribution is 2.38. The molecule has 0 aliphatic heterocycles. The summed E-state index contributed by atoms with van der Waals surface area (Å²) in [5.41, 5.74) is 16.2. The minimum absolute atomic E-state index is 1.24. The van der Waals surface area contributed by atoms with Crippen LogP contribution in [-0.4, -0.2) is 62.8 Å². The van der Waals surface area contributed by atoms with Gasteiger partial charge in [0.1, 0.15) is 62.8 Å². The van der Waals surface area contributed by atoms with Gasteiger partial charge in [-0.3, -0.25) is 0 Å². The summed E-state index contributed by atoms with van der Waals surface area (Å²) >= 11 is 4.12. The van der Waals surface area contributed by atoms with Crippen molar-refractivity contribution >= 4 is 144 Å². The molecule has 5 aromatic carbocycles. The van der Waals surface area contributed by atoms with Crippen LogP contribution in [0.3, 0.4) is 0 Å². The molecule has 0 amide bonds. The van der Waals surface area contributed by atoms with Gasteiger partial charge in [-0.05, 0) is 59.7 Å². The molecule has 5 rings (SSSR count). The van der Waals surface area contributed by atoms with Crippen LogP contribution in [0.4, 0.5) is 0 Å². The van der Waals surface area contributed by atoms with Crippen LogP contribution >= 0.6 is 15.9 Å². The molecule has 0 heterocycles. The Labute approximate surface area is 224 Å². The third-order valence-electron chi connectivity index (χ3n) is 8.59. The Balaban J connectivity index is 2.00. The summed E-state index contributed by atoms with van der Waals surface area (Å²) in [5.74, 6) is 0. The standard InChI is InChI=1S/C26H25B8Br/c27-18-14-13(12-8-6-11(7-9-12)10-4-2-1-3-5-10)15-17(21(30)25(34)23(32)19(15)28)26(35)16(14)20(29)24(33)22(18)31/h1-9H,27-34H2. The Morgan fingerprint density at radius 3 is 1.14 bits per heavy atom. The molecule has 0 N–H and O–H groups in total. The summed E-state index contributed by atoms with van der Waals surface area (Å²) in [6, 6.07) is 19.8. The number of benzene rings is 5. The van der Waals surface area contributed by atoms with Gasteiger partial charge in [0, 0.05) is 4.47 Å². The first-order valence-corrected chi connectivity index (χ1v) is 13.2. The maximum Gasteiger partial charge on any atom is 0.139 e. The topological polar surface area (TPSA) is 0 Å². The smallest absolute Gasteiger partial charge is 0.101 e. The summed E-state index contributed by atoms with van der Waals surface area (Å²) in [7, 11) is 18.2. The fourth-order valence-corrected chi connectivity index (χ4v) is 6.79. The lowest BCUT2D eigenvalue weighted by Crippen LogP contribution is -2.49. The lowest BCUT2D eigenvalue weighted by molar-refractivity contribution is 1.62. The minimum atomic E-state index is 1.24. The van der Waals surface area contributed by atoms with Gasteiger partial charge in [0.15, 0.2) is 0 Å². The van der Waals surface area contributed by atoms with E-state index in [1.807, 2.05) is 0 Å². The molecule has 0 aliphatic rings. The van der Waals surface area contributed by atoms with Crippen molar-refractivity contribution in [2.45, 2.75) is 0 Å². The zero-order chi connectivity index (χ0) is 25.2. The molecular weight excluding hydrogens is 479 g/mol. The lowest BCUT2D eigenvalue weighted by Gasteiger charge is -2.26. The molecule has 9 heteroatoms. The Morgan fingerprint density at radius 1 is 0.371 bits per heavy atom. The minimum Gasteiger partial charge on any atom is -0.101 e. The Hall–Kier alpha value is -2.38. The van der Waals surface area contributed by atoms with E-state index in [0.717, 1.165) is 0 Å². The SMILES string of the molecule is Bc1c(B)c(B)c2c(-c3ccc(-c4ccccc4)cc3)c3c(B)c(B)c(B)c(B)c3c(Br)c2c1B. The van der Waals surface area contributed by atoms with Crippen molar-refractivity contribution in [3.05, 3.63) is 59.1 Å². The van der Waals surface area contributed by atoms with Crippen molar-refractivity contribution in [3.8, 4) is 22.3 Å². The van der Waals surface area contributed by atoms with Crippen molar-refractivity contribution in [2.24, 2.45) is 0 Å². The summed E-state index contributed by atoms with van der Waals surface area (Å²) < 4.78 is 1.24. The zero-order valence-electron chi connectivity index (χ0n) is 22.1. The first-order valence-electron chi connectivity index (χ1n) is 12.4. The van der Waals surface area contributed by atoms with Crippen LogP contribution in [0.2, 0.25) is 0 Å². The number of fused-ring (bicyclic) bond motifs is 2. The predicted molar refractivity (Wildman–Crippen MR) is 185 cm³/mol. The fraction of sp³-hybridized carbons (Fsp3) is 0. The molecule has 0 fully saturated rings. The first kappa shape index (κ1) is 24.3. The zero-order valence-corrected chi connectivity index (χ0v) is 23.7. The summed E-state index contributed by atoms with van der Waals surface area (Å²) in [6.07, 6.45) is 0. The molecule has 0 spiro atoms. The molecule has 0 unspecified atom stereocenters. The summed E-state index contributed by atoms with van der Waals surface area (Å²) in [5, 5.41) is 5.46. The van der Waals surface area contributed by atoms with Gasteiger partial charge in [0.05, 0.1) is 0 Å². The van der Waals surface area contributed by atoms with E-state index in [9.17, 15) is 0 Å². The Bertz CT molecular complexity index is 1580. The predicted octanol–water partition coefficient (Wildman–Crippen LogP) is -5.84. The number of hydrogen-bond donors (Lipinski definition) is 0. The van der Waals surface area contributed by atoms with E-state index in [-0.39, 0.29) is 0 Å². The second-order valence-electron chi connectivity index (χ2n) is 10.1. The fourth-order valence-electron chi connectivity index (χ4n) is 5.80. The molecular formula is C26H25B8Br. The number of hydrogen-bond acceptors (Lipinski definition) is 0. The molecule has 0 bridgehead atoms. The van der Waals surface area contributed by atoms with E-state index in [0.29, 0.717) is 0 Å². The average molecular weight is 504 g/mol.